The van der Waals surface area contributed by atoms with E-state index >= 15 is 0 Å². The summed E-state index contributed by atoms with van der Waals surface area (Å²) in [7, 11) is 0. The highest BCUT2D eigenvalue weighted by Crippen LogP contribution is 2.21. The first-order chi connectivity index (χ1) is 10.5. The molecule has 0 aliphatic heterocycles. The molecule has 1 aromatic heterocycles. The number of halogens is 1. The average Bonchev–Trinajstić information content (AvgIpc) is 2.46. The van der Waals surface area contributed by atoms with Crippen LogP contribution in [0.5, 0.6) is 5.75 Å². The van der Waals surface area contributed by atoms with E-state index in [1.165, 1.54) is 6.92 Å². The van der Waals surface area contributed by atoms with Crippen molar-refractivity contribution in [3.8, 4) is 5.75 Å². The number of nitrogens with one attached hydrogen (secondary N) is 1. The van der Waals surface area contributed by atoms with E-state index in [-0.39, 0.29) is 5.91 Å². The molecule has 0 aliphatic rings. The van der Waals surface area contributed by atoms with Crippen LogP contribution in [0.1, 0.15) is 28.4 Å². The van der Waals surface area contributed by atoms with Crippen LogP contribution >= 0.6 is 15.9 Å². The molecule has 0 saturated heterocycles. The van der Waals surface area contributed by atoms with Crippen LogP contribution in [0.4, 0.5) is 0 Å². The van der Waals surface area contributed by atoms with Crippen molar-refractivity contribution in [2.24, 2.45) is 0 Å². The molecule has 5 nitrogen and oxygen atoms in total. The molecule has 0 unspecified atom stereocenters. The molecule has 0 saturated carbocycles. The molecule has 0 atom stereocenters. The van der Waals surface area contributed by atoms with Crippen LogP contribution in [0.25, 0.3) is 0 Å². The Kier molecular flexibility index (Phi) is 5.27. The molecular formula is C16H15BrN2O3. The van der Waals surface area contributed by atoms with Gasteiger partial charge in [0.05, 0.1) is 0 Å². The molecule has 114 valence electrons. The number of benzene rings is 1. The van der Waals surface area contributed by atoms with Gasteiger partial charge in [-0.15, -0.1) is 0 Å². The topological polar surface area (TPSA) is 68.3 Å². The molecule has 0 fully saturated rings. The number of hydrogen-bond donors (Lipinski definition) is 1. The Balaban J connectivity index is 2.11. The third kappa shape index (κ3) is 4.14. The second kappa shape index (κ2) is 7.17. The normalized spacial score (nSPS) is 10.1. The van der Waals surface area contributed by atoms with Crippen molar-refractivity contribution in [3.05, 3.63) is 57.8 Å². The third-order valence-electron chi connectivity index (χ3n) is 3.00. The van der Waals surface area contributed by atoms with Crippen molar-refractivity contribution in [2.45, 2.75) is 20.4 Å². The number of carbonyl (C=O) groups excluding carboxylic acids is 2. The summed E-state index contributed by atoms with van der Waals surface area (Å²) in [6, 6.07) is 6.92. The van der Waals surface area contributed by atoms with Gasteiger partial charge in [-0.05, 0) is 46.6 Å². The van der Waals surface area contributed by atoms with Gasteiger partial charge in [0.15, 0.2) is 0 Å². The average molecular weight is 363 g/mol. The monoisotopic (exact) mass is 362 g/mol. The first kappa shape index (κ1) is 16.2. The predicted octanol–water partition coefficient (Wildman–Crippen LogP) is 3.01. The second-order valence-corrected chi connectivity index (χ2v) is 5.63. The molecule has 6 heteroatoms. The van der Waals surface area contributed by atoms with Crippen molar-refractivity contribution in [3.63, 3.8) is 0 Å². The highest BCUT2D eigenvalue weighted by molar-refractivity contribution is 9.10. The Morgan fingerprint density at radius 1 is 1.32 bits per heavy atom. The van der Waals surface area contributed by atoms with Crippen molar-refractivity contribution in [1.82, 2.24) is 10.3 Å². The van der Waals surface area contributed by atoms with E-state index in [0.29, 0.717) is 23.4 Å². The first-order valence-corrected chi connectivity index (χ1v) is 7.42. The zero-order valence-electron chi connectivity index (χ0n) is 12.2. The van der Waals surface area contributed by atoms with Gasteiger partial charge in [0, 0.05) is 41.5 Å². The zero-order chi connectivity index (χ0) is 16.1. The number of aromatic nitrogens is 1. The van der Waals surface area contributed by atoms with Gasteiger partial charge in [-0.3, -0.25) is 14.6 Å². The SMILES string of the molecule is CC(=O)Oc1cccc(C(=O)NCc2cncc(Br)c2)c1C. The van der Waals surface area contributed by atoms with Crippen LogP contribution in [0.2, 0.25) is 0 Å². The van der Waals surface area contributed by atoms with E-state index in [9.17, 15) is 9.59 Å². The summed E-state index contributed by atoms with van der Waals surface area (Å²) in [6.07, 6.45) is 3.37. The Labute approximate surface area is 136 Å². The van der Waals surface area contributed by atoms with Gasteiger partial charge in [-0.2, -0.15) is 0 Å². The molecule has 0 radical (unpaired) electrons. The Bertz CT molecular complexity index is 716. The smallest absolute Gasteiger partial charge is 0.308 e. The number of ether oxygens (including phenoxy) is 1. The van der Waals surface area contributed by atoms with Crippen molar-refractivity contribution >= 4 is 27.8 Å². The Hall–Kier alpha value is -2.21. The summed E-state index contributed by atoms with van der Waals surface area (Å²) in [4.78, 5) is 27.4. The Morgan fingerprint density at radius 3 is 2.77 bits per heavy atom. The van der Waals surface area contributed by atoms with Gasteiger partial charge in [-0.1, -0.05) is 6.07 Å². The summed E-state index contributed by atoms with van der Waals surface area (Å²) >= 11 is 3.33. The largest absolute Gasteiger partial charge is 0.426 e. The molecule has 0 bridgehead atoms. The number of carbonyl (C=O) groups is 2. The van der Waals surface area contributed by atoms with Gasteiger partial charge in [-0.25, -0.2) is 0 Å². The number of pyridine rings is 1. The van der Waals surface area contributed by atoms with Crippen LogP contribution < -0.4 is 10.1 Å². The van der Waals surface area contributed by atoms with Gasteiger partial charge >= 0.3 is 5.97 Å². The quantitative estimate of drug-likeness (QED) is 0.670. The maximum atomic E-state index is 12.3. The Morgan fingerprint density at radius 2 is 2.09 bits per heavy atom. The van der Waals surface area contributed by atoms with Gasteiger partial charge < -0.3 is 10.1 Å². The molecule has 1 heterocycles. The van der Waals surface area contributed by atoms with E-state index in [1.54, 1.807) is 37.5 Å². The molecule has 2 rings (SSSR count). The van der Waals surface area contributed by atoms with Gasteiger partial charge in [0.2, 0.25) is 0 Å². The van der Waals surface area contributed by atoms with Crippen LogP contribution in [0.15, 0.2) is 41.1 Å². The first-order valence-electron chi connectivity index (χ1n) is 6.63. The summed E-state index contributed by atoms with van der Waals surface area (Å²) in [5, 5.41) is 2.82. The van der Waals surface area contributed by atoms with Crippen molar-refractivity contribution in [2.75, 3.05) is 0 Å². The van der Waals surface area contributed by atoms with E-state index in [4.69, 9.17) is 4.74 Å². The molecule has 22 heavy (non-hydrogen) atoms. The highest BCUT2D eigenvalue weighted by atomic mass is 79.9. The lowest BCUT2D eigenvalue weighted by atomic mass is 10.1. The molecule has 1 amide bonds. The minimum Gasteiger partial charge on any atom is -0.426 e. The maximum absolute atomic E-state index is 12.3. The van der Waals surface area contributed by atoms with Crippen molar-refractivity contribution in [1.29, 1.82) is 0 Å². The number of nitrogens with zero attached hydrogens (tertiary/aromatic N) is 1. The highest BCUT2D eigenvalue weighted by Gasteiger charge is 2.13. The minimum atomic E-state index is -0.416. The summed E-state index contributed by atoms with van der Waals surface area (Å²) in [6.45, 7) is 3.43. The van der Waals surface area contributed by atoms with E-state index in [1.807, 2.05) is 6.07 Å². The third-order valence-corrected chi connectivity index (χ3v) is 3.43. The van der Waals surface area contributed by atoms with Crippen LogP contribution in [0.3, 0.4) is 0 Å². The summed E-state index contributed by atoms with van der Waals surface area (Å²) < 4.78 is 5.93. The standard InChI is InChI=1S/C16H15BrN2O3/c1-10-14(4-3-5-15(10)22-11(2)20)16(21)19-8-12-6-13(17)9-18-7-12/h3-7,9H,8H2,1-2H3,(H,19,21). The minimum absolute atomic E-state index is 0.230. The van der Waals surface area contributed by atoms with Gasteiger partial charge in [0.25, 0.3) is 5.91 Å². The zero-order valence-corrected chi connectivity index (χ0v) is 13.8. The molecule has 1 aromatic carbocycles. The predicted molar refractivity (Wildman–Crippen MR) is 85.6 cm³/mol. The van der Waals surface area contributed by atoms with E-state index in [2.05, 4.69) is 26.2 Å². The van der Waals surface area contributed by atoms with Crippen molar-refractivity contribution < 1.29 is 14.3 Å². The summed E-state index contributed by atoms with van der Waals surface area (Å²) in [5.41, 5.74) is 1.99. The number of hydrogen-bond acceptors (Lipinski definition) is 4. The number of amides is 1. The molecule has 1 N–H and O–H groups in total. The van der Waals surface area contributed by atoms with E-state index in [0.717, 1.165) is 10.0 Å². The van der Waals surface area contributed by atoms with Gasteiger partial charge in [0.1, 0.15) is 5.75 Å². The number of esters is 1. The fourth-order valence-corrected chi connectivity index (χ4v) is 2.37. The second-order valence-electron chi connectivity index (χ2n) is 4.72. The number of rotatable bonds is 4. The molecule has 2 aromatic rings. The fraction of sp³-hybridized carbons (Fsp3) is 0.188. The molecule has 0 aliphatic carbocycles. The van der Waals surface area contributed by atoms with Crippen LogP contribution in [0, 0.1) is 6.92 Å². The van der Waals surface area contributed by atoms with Crippen LogP contribution in [-0.2, 0) is 11.3 Å². The lowest BCUT2D eigenvalue weighted by molar-refractivity contribution is -0.131. The molecular weight excluding hydrogens is 348 g/mol. The fourth-order valence-electron chi connectivity index (χ4n) is 1.96. The summed E-state index contributed by atoms with van der Waals surface area (Å²) in [5.74, 6) is -0.253. The lowest BCUT2D eigenvalue weighted by Gasteiger charge is -2.11. The molecule has 0 spiro atoms. The maximum Gasteiger partial charge on any atom is 0.308 e. The lowest BCUT2D eigenvalue weighted by Crippen LogP contribution is -2.24. The van der Waals surface area contributed by atoms with Crippen LogP contribution in [-0.4, -0.2) is 16.9 Å². The van der Waals surface area contributed by atoms with E-state index < -0.39 is 5.97 Å².